The van der Waals surface area contributed by atoms with Gasteiger partial charge in [-0.1, -0.05) is 33.1 Å². The quantitative estimate of drug-likeness (QED) is 0.767. The van der Waals surface area contributed by atoms with Crippen LogP contribution in [0.3, 0.4) is 0 Å². The molecule has 0 saturated carbocycles. The molecular formula is C13H23OZr-. The van der Waals surface area contributed by atoms with E-state index in [0.29, 0.717) is 12.5 Å². The van der Waals surface area contributed by atoms with Gasteiger partial charge in [0.1, 0.15) is 0 Å². The van der Waals surface area contributed by atoms with Crippen molar-refractivity contribution in [2.45, 2.75) is 46.0 Å². The van der Waals surface area contributed by atoms with E-state index >= 15 is 0 Å². The Bertz CT molecular complexity index is 150. The maximum atomic E-state index is 8.75. The number of aliphatic hydroxyl groups is 1. The summed E-state index contributed by atoms with van der Waals surface area (Å²) in [6.45, 7) is 4.69. The number of rotatable bonds is 5. The molecule has 1 unspecified atom stereocenters. The van der Waals surface area contributed by atoms with Crippen LogP contribution in [-0.2, 0) is 26.2 Å². The van der Waals surface area contributed by atoms with Crippen LogP contribution in [0.2, 0.25) is 0 Å². The van der Waals surface area contributed by atoms with E-state index in [1.807, 2.05) is 12.2 Å². The Labute approximate surface area is 114 Å². The van der Waals surface area contributed by atoms with Crippen LogP contribution in [0.4, 0.5) is 0 Å². The van der Waals surface area contributed by atoms with Crippen molar-refractivity contribution in [2.24, 2.45) is 5.92 Å². The minimum absolute atomic E-state index is 0. The summed E-state index contributed by atoms with van der Waals surface area (Å²) in [7, 11) is 0. The molecule has 0 bridgehead atoms. The Morgan fingerprint density at radius 2 is 2.13 bits per heavy atom. The van der Waals surface area contributed by atoms with E-state index in [-0.39, 0.29) is 26.2 Å². The number of allylic oxidation sites excluding steroid dienone is 4. The van der Waals surface area contributed by atoms with E-state index in [1.165, 1.54) is 19.3 Å². The summed E-state index contributed by atoms with van der Waals surface area (Å²) >= 11 is 0. The van der Waals surface area contributed by atoms with Gasteiger partial charge in [0, 0.05) is 32.8 Å². The van der Waals surface area contributed by atoms with Crippen LogP contribution in [0.5, 0.6) is 0 Å². The Balaban J connectivity index is 0. The SMILES string of the molecule is CCCCC(CC)CO.[C-]1=CC=CC1.[Zr]. The van der Waals surface area contributed by atoms with Gasteiger partial charge in [-0.25, -0.2) is 12.2 Å². The largest absolute Gasteiger partial charge is 0.396 e. The molecule has 0 saturated heterocycles. The van der Waals surface area contributed by atoms with Gasteiger partial charge in [0.2, 0.25) is 0 Å². The van der Waals surface area contributed by atoms with Crippen LogP contribution in [-0.4, -0.2) is 11.7 Å². The molecule has 0 radical (unpaired) electrons. The maximum Gasteiger partial charge on any atom is 0.0459 e. The van der Waals surface area contributed by atoms with Crippen LogP contribution in [0.15, 0.2) is 18.2 Å². The summed E-state index contributed by atoms with van der Waals surface area (Å²) in [5.74, 6) is 0.560. The summed E-state index contributed by atoms with van der Waals surface area (Å²) in [6.07, 6.45) is 14.8. The first-order valence-electron chi connectivity index (χ1n) is 5.67. The van der Waals surface area contributed by atoms with Gasteiger partial charge in [-0.3, -0.25) is 6.08 Å². The zero-order valence-electron chi connectivity index (χ0n) is 10.00. The first-order valence-corrected chi connectivity index (χ1v) is 5.67. The van der Waals surface area contributed by atoms with E-state index < -0.39 is 0 Å². The van der Waals surface area contributed by atoms with Crippen molar-refractivity contribution >= 4 is 0 Å². The van der Waals surface area contributed by atoms with Crippen molar-refractivity contribution in [3.05, 3.63) is 24.3 Å². The average Bonchev–Trinajstić information content (AvgIpc) is 2.78. The molecule has 0 fully saturated rings. The molecule has 0 aromatic heterocycles. The Kier molecular flexibility index (Phi) is 16.9. The molecule has 1 rings (SSSR count). The molecule has 1 aliphatic rings. The van der Waals surface area contributed by atoms with Crippen molar-refractivity contribution in [1.82, 2.24) is 0 Å². The Morgan fingerprint density at radius 1 is 1.40 bits per heavy atom. The molecule has 0 amide bonds. The van der Waals surface area contributed by atoms with Crippen molar-refractivity contribution in [3.8, 4) is 0 Å². The molecule has 0 aliphatic heterocycles. The minimum Gasteiger partial charge on any atom is -0.396 e. The summed E-state index contributed by atoms with van der Waals surface area (Å²) < 4.78 is 0. The maximum absolute atomic E-state index is 8.75. The van der Waals surface area contributed by atoms with Crippen molar-refractivity contribution in [2.75, 3.05) is 6.61 Å². The van der Waals surface area contributed by atoms with Gasteiger partial charge in [0.05, 0.1) is 0 Å². The molecule has 1 N–H and O–H groups in total. The molecule has 1 atom stereocenters. The predicted molar refractivity (Wildman–Crippen MR) is 62.0 cm³/mol. The smallest absolute Gasteiger partial charge is 0.0459 e. The minimum atomic E-state index is 0. The van der Waals surface area contributed by atoms with Gasteiger partial charge < -0.3 is 5.11 Å². The molecule has 0 spiro atoms. The average molecular weight is 287 g/mol. The first-order chi connectivity index (χ1) is 6.85. The number of hydrogen-bond acceptors (Lipinski definition) is 1. The number of aliphatic hydroxyl groups excluding tert-OH is 1. The second-order valence-corrected chi connectivity index (χ2v) is 3.60. The molecular weight excluding hydrogens is 263 g/mol. The Morgan fingerprint density at radius 3 is 2.40 bits per heavy atom. The zero-order valence-corrected chi connectivity index (χ0v) is 12.5. The van der Waals surface area contributed by atoms with E-state index in [2.05, 4.69) is 26.0 Å². The second kappa shape index (κ2) is 14.3. The summed E-state index contributed by atoms with van der Waals surface area (Å²) in [6, 6.07) is 0. The molecule has 15 heavy (non-hydrogen) atoms. The van der Waals surface area contributed by atoms with Crippen LogP contribution in [0.1, 0.15) is 46.0 Å². The second-order valence-electron chi connectivity index (χ2n) is 3.60. The van der Waals surface area contributed by atoms with E-state index in [9.17, 15) is 0 Å². The molecule has 0 aromatic rings. The molecule has 0 heterocycles. The molecule has 0 aromatic carbocycles. The van der Waals surface area contributed by atoms with Gasteiger partial charge in [0.25, 0.3) is 0 Å². The fourth-order valence-corrected chi connectivity index (χ4v) is 1.26. The van der Waals surface area contributed by atoms with Crippen LogP contribution >= 0.6 is 0 Å². The molecule has 2 heteroatoms. The monoisotopic (exact) mass is 285 g/mol. The van der Waals surface area contributed by atoms with Crippen molar-refractivity contribution in [3.63, 3.8) is 0 Å². The summed E-state index contributed by atoms with van der Waals surface area (Å²) in [4.78, 5) is 0. The third-order valence-corrected chi connectivity index (χ3v) is 2.39. The van der Waals surface area contributed by atoms with Gasteiger partial charge in [-0.15, -0.1) is 6.42 Å². The number of hydrogen-bond donors (Lipinski definition) is 1. The van der Waals surface area contributed by atoms with Crippen molar-refractivity contribution in [1.29, 1.82) is 0 Å². The van der Waals surface area contributed by atoms with Crippen molar-refractivity contribution < 1.29 is 31.3 Å². The third kappa shape index (κ3) is 12.3. The number of unbranched alkanes of at least 4 members (excludes halogenated alkanes) is 1. The van der Waals surface area contributed by atoms with E-state index in [4.69, 9.17) is 5.11 Å². The summed E-state index contributed by atoms with van der Waals surface area (Å²) in [5, 5.41) is 8.75. The fraction of sp³-hybridized carbons (Fsp3) is 0.692. The van der Waals surface area contributed by atoms with Crippen LogP contribution in [0.25, 0.3) is 0 Å². The summed E-state index contributed by atoms with van der Waals surface area (Å²) in [5.41, 5.74) is 0. The predicted octanol–water partition coefficient (Wildman–Crippen LogP) is 3.50. The normalized spacial score (nSPS) is 14.1. The van der Waals surface area contributed by atoms with Crippen LogP contribution < -0.4 is 0 Å². The molecule has 1 nitrogen and oxygen atoms in total. The van der Waals surface area contributed by atoms with Gasteiger partial charge >= 0.3 is 0 Å². The standard InChI is InChI=1S/C8H18O.C5H5.Zr/c1-3-5-6-8(4-2)7-9;1-2-4-5-3-1;/h8-9H,3-7H2,1-2H3;1-3H,4H2;/q;-1;. The fourth-order valence-electron chi connectivity index (χ4n) is 1.26. The van der Waals surface area contributed by atoms with E-state index in [0.717, 1.165) is 12.8 Å². The van der Waals surface area contributed by atoms with Gasteiger partial charge in [-0.2, -0.15) is 6.08 Å². The van der Waals surface area contributed by atoms with Crippen LogP contribution in [0, 0.1) is 12.0 Å². The molecule has 1 aliphatic carbocycles. The topological polar surface area (TPSA) is 20.2 Å². The zero-order chi connectivity index (χ0) is 10.6. The van der Waals surface area contributed by atoms with E-state index in [1.54, 1.807) is 0 Å². The molecule has 86 valence electrons. The first kappa shape index (κ1) is 17.7. The van der Waals surface area contributed by atoms with Gasteiger partial charge in [-0.05, 0) is 12.3 Å². The Hall–Kier alpha value is 0.323. The third-order valence-electron chi connectivity index (χ3n) is 2.39. The van der Waals surface area contributed by atoms with Gasteiger partial charge in [0.15, 0.2) is 0 Å².